The van der Waals surface area contributed by atoms with Crippen LogP contribution >= 0.6 is 0 Å². The number of sulfonamides is 1. The Morgan fingerprint density at radius 3 is 2.67 bits per heavy atom. The third-order valence-corrected chi connectivity index (χ3v) is 7.44. The molecule has 1 amide bonds. The molecule has 9 heteroatoms. The Bertz CT molecular complexity index is 995. The lowest BCUT2D eigenvalue weighted by Gasteiger charge is -2.48. The Labute approximate surface area is 176 Å². The van der Waals surface area contributed by atoms with Crippen molar-refractivity contribution in [2.24, 2.45) is 11.8 Å². The van der Waals surface area contributed by atoms with E-state index in [1.165, 1.54) is 16.6 Å². The quantitative estimate of drug-likeness (QED) is 0.756. The summed E-state index contributed by atoms with van der Waals surface area (Å²) in [5.74, 6) is 0.614. The van der Waals surface area contributed by atoms with Crippen LogP contribution in [0.1, 0.15) is 33.1 Å². The van der Waals surface area contributed by atoms with Crippen molar-refractivity contribution in [2.75, 3.05) is 11.9 Å². The van der Waals surface area contributed by atoms with Gasteiger partial charge in [0.25, 0.3) is 10.0 Å². The molecular weight excluding hydrogens is 404 g/mol. The van der Waals surface area contributed by atoms with Crippen LogP contribution in [0.5, 0.6) is 5.75 Å². The molecule has 0 aromatic carbocycles. The van der Waals surface area contributed by atoms with E-state index >= 15 is 0 Å². The predicted molar refractivity (Wildman–Crippen MR) is 111 cm³/mol. The molecule has 2 aromatic heterocycles. The van der Waals surface area contributed by atoms with E-state index in [4.69, 9.17) is 4.74 Å². The molecule has 2 saturated heterocycles. The number of pyridine rings is 2. The Hall–Kier alpha value is -2.52. The summed E-state index contributed by atoms with van der Waals surface area (Å²) in [5.41, 5.74) is 0. The Kier molecular flexibility index (Phi) is 5.75. The summed E-state index contributed by atoms with van der Waals surface area (Å²) in [5, 5.41) is 2.87. The molecule has 5 rings (SSSR count). The zero-order chi connectivity index (χ0) is 21.3. The molecule has 0 spiro atoms. The number of carbonyl (C=O) groups excluding carboxylic acids is 1. The van der Waals surface area contributed by atoms with E-state index in [2.05, 4.69) is 15.3 Å². The molecule has 0 radical (unpaired) electrons. The standard InChI is InChI=1S/C21H26N4O4S/c1-14(2)29-16-7-9-19(23-12-16)24-21(26)17-11-15-6-8-18(17)25(13-15)30(27,28)20-5-3-4-10-22-20/h3-5,7,9-10,12,14-15,17-18H,6,8,11,13H2,1-2H3,(H,23,24,26)/t15-,17+,18+/m0/s1. The molecule has 3 atom stereocenters. The summed E-state index contributed by atoms with van der Waals surface area (Å²) in [6.07, 6.45) is 5.36. The van der Waals surface area contributed by atoms with Gasteiger partial charge in [-0.05, 0) is 63.3 Å². The summed E-state index contributed by atoms with van der Waals surface area (Å²) < 4.78 is 33.3. The number of fused-ring (bicyclic) bond motifs is 3. The van der Waals surface area contributed by atoms with Crippen LogP contribution in [0.25, 0.3) is 0 Å². The average Bonchev–Trinajstić information content (AvgIpc) is 2.75. The van der Waals surface area contributed by atoms with Gasteiger partial charge in [0.1, 0.15) is 11.6 Å². The Morgan fingerprint density at radius 2 is 2.03 bits per heavy atom. The summed E-state index contributed by atoms with van der Waals surface area (Å²) in [7, 11) is -3.74. The van der Waals surface area contributed by atoms with Crippen LogP contribution in [0.2, 0.25) is 0 Å². The van der Waals surface area contributed by atoms with E-state index in [1.807, 2.05) is 13.8 Å². The largest absolute Gasteiger partial charge is 0.489 e. The van der Waals surface area contributed by atoms with Crippen LogP contribution in [-0.2, 0) is 14.8 Å². The Morgan fingerprint density at radius 1 is 1.20 bits per heavy atom. The van der Waals surface area contributed by atoms with Crippen LogP contribution in [0.3, 0.4) is 0 Å². The molecule has 3 aliphatic rings. The third kappa shape index (κ3) is 4.17. The molecular formula is C21H26N4O4S. The van der Waals surface area contributed by atoms with Crippen molar-refractivity contribution in [1.29, 1.82) is 0 Å². The number of ether oxygens (including phenoxy) is 1. The van der Waals surface area contributed by atoms with Crippen molar-refractivity contribution in [1.82, 2.24) is 14.3 Å². The average molecular weight is 431 g/mol. The van der Waals surface area contributed by atoms with Gasteiger partial charge < -0.3 is 10.1 Å². The van der Waals surface area contributed by atoms with Crippen molar-refractivity contribution in [2.45, 2.75) is 50.3 Å². The number of amides is 1. The van der Waals surface area contributed by atoms with Gasteiger partial charge in [-0.1, -0.05) is 6.07 Å². The number of hydrogen-bond acceptors (Lipinski definition) is 6. The summed E-state index contributed by atoms with van der Waals surface area (Å²) in [4.78, 5) is 21.3. The van der Waals surface area contributed by atoms with Gasteiger partial charge in [-0.15, -0.1) is 0 Å². The molecule has 2 aliphatic heterocycles. The predicted octanol–water partition coefficient (Wildman–Crippen LogP) is 2.69. The highest BCUT2D eigenvalue weighted by atomic mass is 32.2. The number of carbonyl (C=O) groups is 1. The lowest BCUT2D eigenvalue weighted by atomic mass is 9.73. The second-order valence-corrected chi connectivity index (χ2v) is 9.97. The van der Waals surface area contributed by atoms with Gasteiger partial charge in [-0.2, -0.15) is 4.31 Å². The van der Waals surface area contributed by atoms with Crippen LogP contribution in [0.15, 0.2) is 47.8 Å². The molecule has 3 fully saturated rings. The third-order valence-electron chi connectivity index (χ3n) is 5.64. The minimum absolute atomic E-state index is 0.0270. The molecule has 8 nitrogen and oxygen atoms in total. The van der Waals surface area contributed by atoms with Crippen molar-refractivity contribution in [3.8, 4) is 5.75 Å². The van der Waals surface area contributed by atoms with E-state index in [9.17, 15) is 13.2 Å². The van der Waals surface area contributed by atoms with Crippen LogP contribution in [0, 0.1) is 11.8 Å². The number of rotatable bonds is 6. The first-order valence-corrected chi connectivity index (χ1v) is 11.6. The number of nitrogens with one attached hydrogen (secondary N) is 1. The monoisotopic (exact) mass is 430 g/mol. The van der Waals surface area contributed by atoms with Gasteiger partial charge >= 0.3 is 0 Å². The molecule has 1 saturated carbocycles. The first-order valence-electron chi connectivity index (χ1n) is 10.2. The number of nitrogens with zero attached hydrogens (tertiary/aromatic N) is 3. The minimum atomic E-state index is -3.74. The smallest absolute Gasteiger partial charge is 0.260 e. The van der Waals surface area contributed by atoms with E-state index in [1.54, 1.807) is 30.5 Å². The van der Waals surface area contributed by atoms with E-state index in [0.717, 1.165) is 6.42 Å². The minimum Gasteiger partial charge on any atom is -0.489 e. The molecule has 0 unspecified atom stereocenters. The van der Waals surface area contributed by atoms with Gasteiger partial charge in [0.2, 0.25) is 5.91 Å². The normalized spacial score (nSPS) is 24.0. The SMILES string of the molecule is CC(C)Oc1ccc(NC(=O)[C@@H]2C[C@@H]3CC[C@H]2N(S(=O)(=O)c2ccccn2)C3)nc1. The first-order chi connectivity index (χ1) is 14.3. The van der Waals surface area contributed by atoms with E-state index in [-0.39, 0.29) is 29.0 Å². The van der Waals surface area contributed by atoms with Crippen LogP contribution in [0.4, 0.5) is 5.82 Å². The topological polar surface area (TPSA) is 101 Å². The van der Waals surface area contributed by atoms with Gasteiger partial charge in [0.15, 0.2) is 5.03 Å². The van der Waals surface area contributed by atoms with Crippen LogP contribution < -0.4 is 10.1 Å². The van der Waals surface area contributed by atoms with Crippen molar-refractivity contribution < 1.29 is 17.9 Å². The summed E-state index contributed by atoms with van der Waals surface area (Å²) in [6.45, 7) is 4.30. The highest BCUT2D eigenvalue weighted by Crippen LogP contribution is 2.42. The fraction of sp³-hybridized carbons (Fsp3) is 0.476. The van der Waals surface area contributed by atoms with Gasteiger partial charge in [0.05, 0.1) is 18.2 Å². The molecule has 4 heterocycles. The number of hydrogen-bond donors (Lipinski definition) is 1. The van der Waals surface area contributed by atoms with Crippen LogP contribution in [-0.4, -0.2) is 47.3 Å². The maximum Gasteiger partial charge on any atom is 0.260 e. The summed E-state index contributed by atoms with van der Waals surface area (Å²) in [6, 6.07) is 7.92. The molecule has 30 heavy (non-hydrogen) atoms. The van der Waals surface area contributed by atoms with Crippen molar-refractivity contribution in [3.05, 3.63) is 42.7 Å². The lowest BCUT2D eigenvalue weighted by Crippen LogP contribution is -2.57. The van der Waals surface area contributed by atoms with Crippen molar-refractivity contribution >= 4 is 21.7 Å². The first kappa shape index (κ1) is 20.7. The molecule has 1 aliphatic carbocycles. The number of piperidine rings is 2. The van der Waals surface area contributed by atoms with Crippen molar-refractivity contribution in [3.63, 3.8) is 0 Å². The molecule has 2 bridgehead atoms. The van der Waals surface area contributed by atoms with E-state index < -0.39 is 15.9 Å². The number of aromatic nitrogens is 2. The number of anilines is 1. The fourth-order valence-electron chi connectivity index (χ4n) is 4.34. The van der Waals surface area contributed by atoms with Gasteiger partial charge in [-0.25, -0.2) is 18.4 Å². The fourth-order valence-corrected chi connectivity index (χ4v) is 6.04. The second-order valence-electron chi connectivity index (χ2n) is 8.13. The molecule has 2 aromatic rings. The van der Waals surface area contributed by atoms with Gasteiger partial charge in [0, 0.05) is 18.8 Å². The second kappa shape index (κ2) is 8.31. The Balaban J connectivity index is 1.50. The van der Waals surface area contributed by atoms with E-state index in [0.29, 0.717) is 31.0 Å². The highest BCUT2D eigenvalue weighted by Gasteiger charge is 2.49. The molecule has 1 N–H and O–H groups in total. The maximum atomic E-state index is 13.1. The molecule has 160 valence electrons. The maximum absolute atomic E-state index is 13.1. The van der Waals surface area contributed by atoms with Gasteiger partial charge in [-0.3, -0.25) is 4.79 Å². The summed E-state index contributed by atoms with van der Waals surface area (Å²) >= 11 is 0. The zero-order valence-electron chi connectivity index (χ0n) is 17.1. The zero-order valence-corrected chi connectivity index (χ0v) is 17.9. The highest BCUT2D eigenvalue weighted by molar-refractivity contribution is 7.89. The lowest BCUT2D eigenvalue weighted by molar-refractivity contribution is -0.125.